The number of ketones is 1. The predicted octanol–water partition coefficient (Wildman–Crippen LogP) is 8.06. The van der Waals surface area contributed by atoms with Crippen molar-refractivity contribution in [3.8, 4) is 0 Å². The number of halogens is 2. The first-order valence-electron chi connectivity index (χ1n) is 11.4. The minimum atomic E-state index is -0.327. The zero-order chi connectivity index (χ0) is 23.9. The number of carbonyl (C=O) groups excluding carboxylic acids is 1. The Balaban J connectivity index is 1.62. The van der Waals surface area contributed by atoms with Crippen molar-refractivity contribution in [3.63, 3.8) is 0 Å². The normalized spacial score (nSPS) is 20.6. The monoisotopic (exact) mass is 485 g/mol. The van der Waals surface area contributed by atoms with Gasteiger partial charge in [-0.2, -0.15) is 0 Å². The van der Waals surface area contributed by atoms with E-state index in [4.69, 9.17) is 23.2 Å². The van der Waals surface area contributed by atoms with Gasteiger partial charge in [-0.1, -0.05) is 91.6 Å². The molecule has 170 valence electrons. The smallest absolute Gasteiger partial charge is 0.188 e. The summed E-state index contributed by atoms with van der Waals surface area (Å²) < 4.78 is 0. The molecule has 0 radical (unpaired) electrons. The van der Waals surface area contributed by atoms with Crippen LogP contribution in [0.5, 0.6) is 0 Å². The molecule has 2 nitrogen and oxygen atoms in total. The van der Waals surface area contributed by atoms with Crippen molar-refractivity contribution in [2.45, 2.75) is 26.2 Å². The van der Waals surface area contributed by atoms with E-state index in [0.29, 0.717) is 10.0 Å². The predicted molar refractivity (Wildman–Crippen MR) is 142 cm³/mol. The summed E-state index contributed by atoms with van der Waals surface area (Å²) in [4.78, 5) is 14.1. The Morgan fingerprint density at radius 1 is 0.882 bits per heavy atom. The van der Waals surface area contributed by atoms with Crippen molar-refractivity contribution in [1.29, 1.82) is 0 Å². The number of benzene rings is 3. The molecule has 1 N–H and O–H groups in total. The lowest BCUT2D eigenvalue weighted by molar-refractivity contribution is -0.113. The first-order chi connectivity index (χ1) is 16.3. The van der Waals surface area contributed by atoms with Gasteiger partial charge < -0.3 is 5.32 Å². The van der Waals surface area contributed by atoms with E-state index in [-0.39, 0.29) is 17.1 Å². The van der Waals surface area contributed by atoms with Gasteiger partial charge in [-0.15, -0.1) is 0 Å². The van der Waals surface area contributed by atoms with E-state index in [2.05, 4.69) is 37.4 Å². The largest absolute Gasteiger partial charge is 0.358 e. The second-order valence-electron chi connectivity index (χ2n) is 9.49. The van der Waals surface area contributed by atoms with E-state index in [1.165, 1.54) is 0 Å². The molecule has 34 heavy (non-hydrogen) atoms. The lowest BCUT2D eigenvalue weighted by Gasteiger charge is -2.40. The molecule has 1 aliphatic carbocycles. The van der Waals surface area contributed by atoms with Gasteiger partial charge in [-0.05, 0) is 64.9 Å². The van der Waals surface area contributed by atoms with Crippen molar-refractivity contribution in [2.24, 2.45) is 5.41 Å². The molecule has 0 amide bonds. The minimum absolute atomic E-state index is 0.0916. The standard InChI is InChI=1S/C30H25Cl2NO/c1-30(2)18-27-28(29(34)25(30)16-19-8-12-22(31)13-9-19)24(20-6-4-3-5-7-20)17-26(33-27)21-10-14-23(32)15-11-21/h3-17,24,33H,18H2,1-2H3/b25-16+. The molecule has 0 aromatic heterocycles. The van der Waals surface area contributed by atoms with Crippen molar-refractivity contribution >= 4 is 40.8 Å². The highest BCUT2D eigenvalue weighted by Gasteiger charge is 2.42. The van der Waals surface area contributed by atoms with E-state index in [1.54, 1.807) is 0 Å². The summed E-state index contributed by atoms with van der Waals surface area (Å²) in [6.07, 6.45) is 4.91. The van der Waals surface area contributed by atoms with Crippen LogP contribution in [0.4, 0.5) is 0 Å². The van der Waals surface area contributed by atoms with Crippen LogP contribution in [-0.4, -0.2) is 5.78 Å². The third-order valence-electron chi connectivity index (χ3n) is 6.59. The van der Waals surface area contributed by atoms with E-state index >= 15 is 0 Å². The molecule has 1 unspecified atom stereocenters. The van der Waals surface area contributed by atoms with Crippen LogP contribution in [0.1, 0.15) is 42.9 Å². The zero-order valence-electron chi connectivity index (χ0n) is 19.1. The number of rotatable bonds is 3. The Kier molecular flexibility index (Phi) is 5.97. The Hall–Kier alpha value is -3.07. The average Bonchev–Trinajstić information content (AvgIpc) is 2.83. The number of nitrogens with one attached hydrogen (secondary N) is 1. The summed E-state index contributed by atoms with van der Waals surface area (Å²) in [5, 5.41) is 4.98. The maximum Gasteiger partial charge on any atom is 0.188 e. The Morgan fingerprint density at radius 2 is 1.50 bits per heavy atom. The number of allylic oxidation sites excluding steroid dienone is 4. The van der Waals surface area contributed by atoms with E-state index in [1.807, 2.05) is 72.8 Å². The molecule has 4 heteroatoms. The Morgan fingerprint density at radius 3 is 2.15 bits per heavy atom. The molecule has 0 spiro atoms. The second-order valence-corrected chi connectivity index (χ2v) is 10.4. The topological polar surface area (TPSA) is 29.1 Å². The first-order valence-corrected chi connectivity index (χ1v) is 12.1. The quantitative estimate of drug-likeness (QED) is 0.380. The summed E-state index contributed by atoms with van der Waals surface area (Å²) in [7, 11) is 0. The fourth-order valence-corrected chi connectivity index (χ4v) is 5.08. The molecular formula is C30H25Cl2NO. The van der Waals surface area contributed by atoms with Gasteiger partial charge in [-0.25, -0.2) is 0 Å². The third kappa shape index (κ3) is 4.36. The fraction of sp³-hybridized carbons (Fsp3) is 0.167. The molecule has 1 aliphatic heterocycles. The van der Waals surface area contributed by atoms with Crippen LogP contribution in [0.15, 0.2) is 102 Å². The first kappa shape index (κ1) is 22.7. The molecule has 0 bridgehead atoms. The van der Waals surface area contributed by atoms with Gasteiger partial charge >= 0.3 is 0 Å². The van der Waals surface area contributed by atoms with Crippen LogP contribution < -0.4 is 5.32 Å². The number of carbonyl (C=O) groups is 1. The summed E-state index contributed by atoms with van der Waals surface area (Å²) in [6, 6.07) is 25.7. The highest BCUT2D eigenvalue weighted by molar-refractivity contribution is 6.30. The van der Waals surface area contributed by atoms with E-state index in [0.717, 1.165) is 45.7 Å². The number of Topliss-reactive ketones (excluding diaryl/α,β-unsaturated/α-hetero) is 1. The van der Waals surface area contributed by atoms with Gasteiger partial charge in [-0.3, -0.25) is 4.79 Å². The van der Waals surface area contributed by atoms with Crippen molar-refractivity contribution in [2.75, 3.05) is 0 Å². The van der Waals surface area contributed by atoms with E-state index < -0.39 is 0 Å². The Labute approximate surface area is 210 Å². The lowest BCUT2D eigenvalue weighted by atomic mass is 9.67. The van der Waals surface area contributed by atoms with E-state index in [9.17, 15) is 4.79 Å². The summed E-state index contributed by atoms with van der Waals surface area (Å²) >= 11 is 12.2. The number of hydrogen-bond acceptors (Lipinski definition) is 2. The van der Waals surface area contributed by atoms with Crippen LogP contribution in [0, 0.1) is 5.41 Å². The minimum Gasteiger partial charge on any atom is -0.358 e. The van der Waals surface area contributed by atoms with Gasteiger partial charge in [0.25, 0.3) is 0 Å². The molecule has 3 aromatic carbocycles. The molecule has 1 atom stereocenters. The summed E-state index contributed by atoms with van der Waals surface area (Å²) in [5.74, 6) is -0.0469. The second kappa shape index (κ2) is 8.94. The highest BCUT2D eigenvalue weighted by atomic mass is 35.5. The van der Waals surface area contributed by atoms with Crippen LogP contribution >= 0.6 is 23.2 Å². The summed E-state index contributed by atoms with van der Waals surface area (Å²) in [6.45, 7) is 4.27. The lowest BCUT2D eigenvalue weighted by Crippen LogP contribution is -2.37. The fourth-order valence-electron chi connectivity index (χ4n) is 4.82. The van der Waals surface area contributed by atoms with Crippen LogP contribution in [0.25, 0.3) is 11.8 Å². The number of dihydropyridines is 1. The molecular weight excluding hydrogens is 461 g/mol. The van der Waals surface area contributed by atoms with Gasteiger partial charge in [0, 0.05) is 38.5 Å². The maximum atomic E-state index is 14.1. The van der Waals surface area contributed by atoms with Crippen molar-refractivity contribution in [1.82, 2.24) is 5.32 Å². The van der Waals surface area contributed by atoms with Gasteiger partial charge in [0.05, 0.1) is 0 Å². The van der Waals surface area contributed by atoms with Crippen LogP contribution in [-0.2, 0) is 4.79 Å². The summed E-state index contributed by atoms with van der Waals surface area (Å²) in [5.41, 5.74) is 6.42. The molecule has 0 saturated heterocycles. The zero-order valence-corrected chi connectivity index (χ0v) is 20.6. The molecule has 0 fully saturated rings. The highest BCUT2D eigenvalue weighted by Crippen LogP contribution is 2.48. The van der Waals surface area contributed by atoms with Crippen LogP contribution in [0.3, 0.4) is 0 Å². The molecule has 1 heterocycles. The molecule has 2 aliphatic rings. The molecule has 0 saturated carbocycles. The van der Waals surface area contributed by atoms with Crippen molar-refractivity contribution < 1.29 is 4.79 Å². The molecule has 3 aromatic rings. The maximum absolute atomic E-state index is 14.1. The third-order valence-corrected chi connectivity index (χ3v) is 7.09. The van der Waals surface area contributed by atoms with Crippen LogP contribution in [0.2, 0.25) is 10.0 Å². The average molecular weight is 486 g/mol. The Bertz CT molecular complexity index is 1330. The SMILES string of the molecule is CC1(C)CC2=C(C(=O)/C1=C\c1ccc(Cl)cc1)C(c1ccccc1)C=C(c1ccc(Cl)cc1)N2. The van der Waals surface area contributed by atoms with Gasteiger partial charge in [0.2, 0.25) is 0 Å². The van der Waals surface area contributed by atoms with Gasteiger partial charge in [0.15, 0.2) is 5.78 Å². The van der Waals surface area contributed by atoms with Gasteiger partial charge in [0.1, 0.15) is 0 Å². The van der Waals surface area contributed by atoms with Crippen molar-refractivity contribution in [3.05, 3.63) is 129 Å². The number of hydrogen-bond donors (Lipinski definition) is 1. The molecule has 5 rings (SSSR count).